The molecule has 18 heavy (non-hydrogen) atoms. The Morgan fingerprint density at radius 3 is 2.72 bits per heavy atom. The molecule has 1 aromatic carbocycles. The van der Waals surface area contributed by atoms with E-state index in [2.05, 4.69) is 20.7 Å². The summed E-state index contributed by atoms with van der Waals surface area (Å²) in [5.41, 5.74) is 5.29. The van der Waals surface area contributed by atoms with Gasteiger partial charge in [0.2, 0.25) is 10.0 Å². The molecule has 0 bridgehead atoms. The number of hydrogen-bond donors (Lipinski definition) is 3. The molecule has 102 valence electrons. The zero-order valence-electron chi connectivity index (χ0n) is 9.65. The second-order valence-electron chi connectivity index (χ2n) is 3.72. The van der Waals surface area contributed by atoms with E-state index < -0.39 is 21.9 Å². The topological polar surface area (TPSA) is 92.4 Å². The number of nitrogens with two attached hydrogens (primary N) is 1. The molecule has 0 radical (unpaired) electrons. The standard InChI is InChI=1S/C10H14BrFN2O3S/c1-2-6(15)5-14-18(16,17)10-3-7(11)8(12)4-9(10)13/h3-4,6,14-15H,2,5,13H2,1H3. The van der Waals surface area contributed by atoms with Crippen molar-refractivity contribution < 1.29 is 17.9 Å². The van der Waals surface area contributed by atoms with E-state index in [-0.39, 0.29) is 21.6 Å². The Hall–Kier alpha value is -0.700. The van der Waals surface area contributed by atoms with Crippen LogP contribution in [0.25, 0.3) is 0 Å². The van der Waals surface area contributed by atoms with Crippen LogP contribution in [0.3, 0.4) is 0 Å². The lowest BCUT2D eigenvalue weighted by atomic mass is 10.3. The molecular formula is C10H14BrFN2O3S. The first-order valence-corrected chi connectivity index (χ1v) is 7.47. The number of hydrogen-bond acceptors (Lipinski definition) is 4. The van der Waals surface area contributed by atoms with Crippen molar-refractivity contribution in [1.82, 2.24) is 4.72 Å². The van der Waals surface area contributed by atoms with Crippen LogP contribution in [-0.2, 0) is 10.0 Å². The van der Waals surface area contributed by atoms with Gasteiger partial charge in [0.25, 0.3) is 0 Å². The lowest BCUT2D eigenvalue weighted by Crippen LogP contribution is -2.32. The first-order chi connectivity index (χ1) is 8.27. The molecule has 0 spiro atoms. The molecule has 1 atom stereocenters. The van der Waals surface area contributed by atoms with Crippen molar-refractivity contribution in [2.45, 2.75) is 24.3 Å². The third kappa shape index (κ3) is 3.64. The van der Waals surface area contributed by atoms with Crippen LogP contribution in [0.1, 0.15) is 13.3 Å². The van der Waals surface area contributed by atoms with E-state index in [9.17, 15) is 17.9 Å². The van der Waals surface area contributed by atoms with E-state index in [0.29, 0.717) is 6.42 Å². The molecule has 0 aliphatic carbocycles. The molecule has 1 aromatic rings. The first kappa shape index (κ1) is 15.4. The van der Waals surface area contributed by atoms with Gasteiger partial charge in [0.05, 0.1) is 16.3 Å². The van der Waals surface area contributed by atoms with E-state index >= 15 is 0 Å². The minimum Gasteiger partial charge on any atom is -0.398 e. The number of sulfonamides is 1. The van der Waals surface area contributed by atoms with E-state index in [1.54, 1.807) is 6.92 Å². The quantitative estimate of drug-likeness (QED) is 0.702. The monoisotopic (exact) mass is 340 g/mol. The predicted molar refractivity (Wildman–Crippen MR) is 70.0 cm³/mol. The molecule has 0 saturated heterocycles. The van der Waals surface area contributed by atoms with Crippen LogP contribution >= 0.6 is 15.9 Å². The summed E-state index contributed by atoms with van der Waals surface area (Å²) in [4.78, 5) is -0.223. The minimum atomic E-state index is -3.87. The Morgan fingerprint density at radius 1 is 1.56 bits per heavy atom. The maximum Gasteiger partial charge on any atom is 0.242 e. The van der Waals surface area contributed by atoms with Gasteiger partial charge in [-0.25, -0.2) is 17.5 Å². The van der Waals surface area contributed by atoms with Gasteiger partial charge in [0.15, 0.2) is 0 Å². The van der Waals surface area contributed by atoms with Crippen molar-refractivity contribution in [3.8, 4) is 0 Å². The summed E-state index contributed by atoms with van der Waals surface area (Å²) >= 11 is 2.89. The molecular weight excluding hydrogens is 327 g/mol. The lowest BCUT2D eigenvalue weighted by Gasteiger charge is -2.12. The van der Waals surface area contributed by atoms with Gasteiger partial charge >= 0.3 is 0 Å². The average Bonchev–Trinajstić information content (AvgIpc) is 2.30. The van der Waals surface area contributed by atoms with Crippen molar-refractivity contribution in [1.29, 1.82) is 0 Å². The molecule has 0 heterocycles. The molecule has 8 heteroatoms. The number of aliphatic hydroxyl groups excluding tert-OH is 1. The van der Waals surface area contributed by atoms with Crippen molar-refractivity contribution >= 4 is 31.6 Å². The Labute approximate surface area is 113 Å². The highest BCUT2D eigenvalue weighted by Crippen LogP contribution is 2.25. The Bertz CT molecular complexity index is 536. The van der Waals surface area contributed by atoms with Gasteiger partial charge in [-0.2, -0.15) is 0 Å². The molecule has 0 fully saturated rings. The van der Waals surface area contributed by atoms with Crippen LogP contribution in [-0.4, -0.2) is 26.2 Å². The molecule has 1 rings (SSSR count). The second-order valence-corrected chi connectivity index (χ2v) is 6.31. The van der Waals surface area contributed by atoms with Crippen molar-refractivity contribution in [2.75, 3.05) is 12.3 Å². The Morgan fingerprint density at radius 2 is 2.17 bits per heavy atom. The average molecular weight is 341 g/mol. The fourth-order valence-corrected chi connectivity index (χ4v) is 2.91. The summed E-state index contributed by atoms with van der Waals surface area (Å²) in [5, 5.41) is 9.31. The number of aliphatic hydroxyl groups is 1. The first-order valence-electron chi connectivity index (χ1n) is 5.20. The van der Waals surface area contributed by atoms with Crippen LogP contribution in [0.2, 0.25) is 0 Å². The van der Waals surface area contributed by atoms with Crippen LogP contribution in [0.15, 0.2) is 21.5 Å². The fourth-order valence-electron chi connectivity index (χ4n) is 1.20. The SMILES string of the molecule is CCC(O)CNS(=O)(=O)c1cc(Br)c(F)cc1N. The summed E-state index contributed by atoms with van der Waals surface area (Å²) in [5.74, 6) is -0.639. The maximum atomic E-state index is 13.1. The van der Waals surface area contributed by atoms with Crippen LogP contribution in [0.5, 0.6) is 0 Å². The number of rotatable bonds is 5. The Balaban J connectivity index is 3.02. The molecule has 0 aromatic heterocycles. The van der Waals surface area contributed by atoms with Gasteiger partial charge in [-0.3, -0.25) is 0 Å². The third-order valence-electron chi connectivity index (χ3n) is 2.32. The zero-order valence-corrected chi connectivity index (χ0v) is 12.1. The molecule has 0 saturated carbocycles. The highest BCUT2D eigenvalue weighted by molar-refractivity contribution is 9.10. The summed E-state index contributed by atoms with van der Waals surface area (Å²) in [6, 6.07) is 2.01. The molecule has 4 N–H and O–H groups in total. The second kappa shape index (κ2) is 5.96. The van der Waals surface area contributed by atoms with Gasteiger partial charge in [-0.15, -0.1) is 0 Å². The van der Waals surface area contributed by atoms with Gasteiger partial charge in [0.1, 0.15) is 10.7 Å². The van der Waals surface area contributed by atoms with E-state index in [0.717, 1.165) is 12.1 Å². The lowest BCUT2D eigenvalue weighted by molar-refractivity contribution is 0.174. The molecule has 1 unspecified atom stereocenters. The van der Waals surface area contributed by atoms with Crippen LogP contribution < -0.4 is 10.5 Å². The van der Waals surface area contributed by atoms with Gasteiger partial charge in [-0.05, 0) is 34.5 Å². The molecule has 0 aliphatic heterocycles. The largest absolute Gasteiger partial charge is 0.398 e. The summed E-state index contributed by atoms with van der Waals surface area (Å²) in [7, 11) is -3.87. The van der Waals surface area contributed by atoms with Gasteiger partial charge in [0, 0.05) is 6.54 Å². The van der Waals surface area contributed by atoms with E-state index in [1.807, 2.05) is 0 Å². The normalized spacial score (nSPS) is 13.6. The number of halogens is 2. The number of nitrogens with one attached hydrogen (secondary N) is 1. The van der Waals surface area contributed by atoms with Crippen molar-refractivity contribution in [3.05, 3.63) is 22.4 Å². The van der Waals surface area contributed by atoms with Crippen molar-refractivity contribution in [3.63, 3.8) is 0 Å². The highest BCUT2D eigenvalue weighted by atomic mass is 79.9. The smallest absolute Gasteiger partial charge is 0.242 e. The van der Waals surface area contributed by atoms with E-state index in [1.165, 1.54) is 0 Å². The number of nitrogen functional groups attached to an aromatic ring is 1. The summed E-state index contributed by atoms with van der Waals surface area (Å²) < 4.78 is 39.1. The van der Waals surface area contributed by atoms with Gasteiger partial charge in [-0.1, -0.05) is 6.92 Å². The van der Waals surface area contributed by atoms with Crippen molar-refractivity contribution in [2.24, 2.45) is 0 Å². The molecule has 0 amide bonds. The predicted octanol–water partition coefficient (Wildman–Crippen LogP) is 1.22. The highest BCUT2D eigenvalue weighted by Gasteiger charge is 2.20. The maximum absolute atomic E-state index is 13.1. The molecule has 5 nitrogen and oxygen atoms in total. The fraction of sp³-hybridized carbons (Fsp3) is 0.400. The van der Waals surface area contributed by atoms with Crippen LogP contribution in [0, 0.1) is 5.82 Å². The summed E-state index contributed by atoms with van der Waals surface area (Å²) in [6.07, 6.45) is -0.352. The number of benzene rings is 1. The number of anilines is 1. The summed E-state index contributed by atoms with van der Waals surface area (Å²) in [6.45, 7) is 1.61. The van der Waals surface area contributed by atoms with E-state index in [4.69, 9.17) is 5.73 Å². The van der Waals surface area contributed by atoms with Gasteiger partial charge < -0.3 is 10.8 Å². The van der Waals surface area contributed by atoms with Crippen LogP contribution in [0.4, 0.5) is 10.1 Å². The minimum absolute atomic E-state index is 0.00751. The zero-order chi connectivity index (χ0) is 13.9. The molecule has 0 aliphatic rings. The third-order valence-corrected chi connectivity index (χ3v) is 4.41. The Kier molecular flexibility index (Phi) is 5.09.